The number of nitrogens with one attached hydrogen (secondary N) is 1. The third-order valence-electron chi connectivity index (χ3n) is 3.06. The first kappa shape index (κ1) is 14.9. The zero-order valence-electron chi connectivity index (χ0n) is 11.9. The van der Waals surface area contributed by atoms with Crippen LogP contribution in [0.2, 0.25) is 0 Å². The summed E-state index contributed by atoms with van der Waals surface area (Å²) in [6.45, 7) is 5.17. The molecule has 1 atom stereocenters. The zero-order valence-corrected chi connectivity index (χ0v) is 12.8. The van der Waals surface area contributed by atoms with Gasteiger partial charge in [0.1, 0.15) is 16.6 Å². The number of thiazole rings is 1. The predicted octanol–water partition coefficient (Wildman–Crippen LogP) is 4.02. The number of hydrogen-bond donors (Lipinski definition) is 1. The molecule has 3 nitrogen and oxygen atoms in total. The fourth-order valence-corrected chi connectivity index (χ4v) is 2.94. The molecule has 0 saturated carbocycles. The molecule has 0 saturated heterocycles. The van der Waals surface area contributed by atoms with Crippen LogP contribution in [0.5, 0.6) is 5.75 Å². The molecular weight excluding hydrogens is 275 g/mol. The summed E-state index contributed by atoms with van der Waals surface area (Å²) in [5, 5.41) is 4.05. The van der Waals surface area contributed by atoms with E-state index in [9.17, 15) is 4.39 Å². The van der Waals surface area contributed by atoms with Crippen LogP contribution in [0.25, 0.3) is 10.6 Å². The van der Waals surface area contributed by atoms with Crippen molar-refractivity contribution in [3.05, 3.63) is 35.1 Å². The van der Waals surface area contributed by atoms with Crippen LogP contribution in [0.4, 0.5) is 4.39 Å². The maximum atomic E-state index is 14.0. The van der Waals surface area contributed by atoms with Crippen LogP contribution in [0.1, 0.15) is 31.2 Å². The Bertz CT molecular complexity index is 571. The van der Waals surface area contributed by atoms with Gasteiger partial charge in [-0.3, -0.25) is 0 Å². The van der Waals surface area contributed by atoms with Crippen LogP contribution in [0.15, 0.2) is 24.4 Å². The SMILES string of the molecule is CCCNC(C)c1cnc(-c2c(F)cccc2OC)s1. The Hall–Kier alpha value is -1.46. The fourth-order valence-electron chi connectivity index (χ4n) is 1.95. The average molecular weight is 294 g/mol. The predicted molar refractivity (Wildman–Crippen MR) is 80.8 cm³/mol. The molecule has 2 aromatic rings. The lowest BCUT2D eigenvalue weighted by molar-refractivity contribution is 0.413. The van der Waals surface area contributed by atoms with Crippen molar-refractivity contribution in [2.45, 2.75) is 26.3 Å². The van der Waals surface area contributed by atoms with E-state index in [4.69, 9.17) is 4.74 Å². The number of hydrogen-bond acceptors (Lipinski definition) is 4. The molecule has 5 heteroatoms. The molecule has 0 radical (unpaired) electrons. The van der Waals surface area contributed by atoms with E-state index in [1.54, 1.807) is 18.3 Å². The smallest absolute Gasteiger partial charge is 0.137 e. The first-order chi connectivity index (χ1) is 9.67. The number of benzene rings is 1. The van der Waals surface area contributed by atoms with Gasteiger partial charge < -0.3 is 10.1 Å². The Balaban J connectivity index is 2.29. The van der Waals surface area contributed by atoms with Crippen molar-refractivity contribution in [2.75, 3.05) is 13.7 Å². The molecule has 0 aliphatic rings. The number of nitrogens with zero attached hydrogens (tertiary/aromatic N) is 1. The maximum Gasteiger partial charge on any atom is 0.137 e. The molecule has 1 N–H and O–H groups in total. The van der Waals surface area contributed by atoms with Gasteiger partial charge in [-0.05, 0) is 32.0 Å². The Morgan fingerprint density at radius 3 is 2.95 bits per heavy atom. The van der Waals surface area contributed by atoms with Crippen molar-refractivity contribution < 1.29 is 9.13 Å². The second kappa shape index (κ2) is 6.81. The normalized spacial score (nSPS) is 12.4. The highest BCUT2D eigenvalue weighted by molar-refractivity contribution is 7.15. The highest BCUT2D eigenvalue weighted by Gasteiger charge is 2.17. The fraction of sp³-hybridized carbons (Fsp3) is 0.400. The lowest BCUT2D eigenvalue weighted by Crippen LogP contribution is -2.18. The van der Waals surface area contributed by atoms with Gasteiger partial charge in [-0.25, -0.2) is 9.37 Å². The van der Waals surface area contributed by atoms with Crippen LogP contribution in [0.3, 0.4) is 0 Å². The number of rotatable bonds is 6. The van der Waals surface area contributed by atoms with Gasteiger partial charge in [-0.1, -0.05) is 13.0 Å². The molecule has 1 unspecified atom stereocenters. The topological polar surface area (TPSA) is 34.2 Å². The second-order valence-electron chi connectivity index (χ2n) is 4.56. The molecule has 0 aliphatic heterocycles. The summed E-state index contributed by atoms with van der Waals surface area (Å²) in [4.78, 5) is 5.44. The van der Waals surface area contributed by atoms with E-state index in [-0.39, 0.29) is 11.9 Å². The van der Waals surface area contributed by atoms with Crippen molar-refractivity contribution in [2.24, 2.45) is 0 Å². The van der Waals surface area contributed by atoms with Gasteiger partial charge in [0.15, 0.2) is 0 Å². The highest BCUT2D eigenvalue weighted by atomic mass is 32.1. The highest BCUT2D eigenvalue weighted by Crippen LogP contribution is 2.36. The summed E-state index contributed by atoms with van der Waals surface area (Å²) in [6, 6.07) is 5.03. The van der Waals surface area contributed by atoms with E-state index >= 15 is 0 Å². The van der Waals surface area contributed by atoms with E-state index in [1.807, 2.05) is 0 Å². The quantitative estimate of drug-likeness (QED) is 0.873. The van der Waals surface area contributed by atoms with Gasteiger partial charge in [0.25, 0.3) is 0 Å². The standard InChI is InChI=1S/C15H19FN2OS/c1-4-8-17-10(2)13-9-18-15(20-13)14-11(16)6-5-7-12(14)19-3/h5-7,9-10,17H,4,8H2,1-3H3. The van der Waals surface area contributed by atoms with Gasteiger partial charge >= 0.3 is 0 Å². The Morgan fingerprint density at radius 1 is 1.45 bits per heavy atom. The first-order valence-corrected chi connectivity index (χ1v) is 7.51. The third kappa shape index (κ3) is 3.16. The lowest BCUT2D eigenvalue weighted by atomic mass is 10.2. The summed E-state index contributed by atoms with van der Waals surface area (Å²) in [6.07, 6.45) is 2.89. The minimum Gasteiger partial charge on any atom is -0.496 e. The number of aromatic nitrogens is 1. The monoisotopic (exact) mass is 294 g/mol. The molecule has 1 heterocycles. The molecule has 20 heavy (non-hydrogen) atoms. The average Bonchev–Trinajstić information content (AvgIpc) is 2.93. The van der Waals surface area contributed by atoms with Crippen LogP contribution in [-0.4, -0.2) is 18.6 Å². The molecule has 0 aliphatic carbocycles. The molecule has 1 aromatic heterocycles. The van der Waals surface area contributed by atoms with E-state index in [0.29, 0.717) is 16.3 Å². The minimum atomic E-state index is -0.306. The van der Waals surface area contributed by atoms with Crippen molar-refractivity contribution in [3.8, 4) is 16.3 Å². The van der Waals surface area contributed by atoms with E-state index in [1.165, 1.54) is 24.5 Å². The lowest BCUT2D eigenvalue weighted by Gasteiger charge is -2.10. The molecule has 2 rings (SSSR count). The zero-order chi connectivity index (χ0) is 14.5. The Morgan fingerprint density at radius 2 is 2.25 bits per heavy atom. The van der Waals surface area contributed by atoms with Gasteiger partial charge in [-0.15, -0.1) is 11.3 Å². The van der Waals surface area contributed by atoms with Gasteiger partial charge in [-0.2, -0.15) is 0 Å². The number of methoxy groups -OCH3 is 1. The van der Waals surface area contributed by atoms with Gasteiger partial charge in [0.2, 0.25) is 0 Å². The Kier molecular flexibility index (Phi) is 5.09. The van der Waals surface area contributed by atoms with E-state index < -0.39 is 0 Å². The summed E-state index contributed by atoms with van der Waals surface area (Å²) in [5.74, 6) is 0.208. The van der Waals surface area contributed by atoms with Crippen molar-refractivity contribution in [1.29, 1.82) is 0 Å². The van der Waals surface area contributed by atoms with Crippen LogP contribution >= 0.6 is 11.3 Å². The third-order valence-corrected chi connectivity index (χ3v) is 4.26. The molecular formula is C15H19FN2OS. The van der Waals surface area contributed by atoms with E-state index in [0.717, 1.165) is 17.8 Å². The van der Waals surface area contributed by atoms with E-state index in [2.05, 4.69) is 24.1 Å². The molecule has 108 valence electrons. The summed E-state index contributed by atoms with van der Waals surface area (Å²) in [7, 11) is 1.54. The largest absolute Gasteiger partial charge is 0.496 e. The summed E-state index contributed by atoms with van der Waals surface area (Å²) < 4.78 is 19.2. The van der Waals surface area contributed by atoms with Gasteiger partial charge in [0.05, 0.1) is 12.7 Å². The first-order valence-electron chi connectivity index (χ1n) is 6.69. The van der Waals surface area contributed by atoms with Crippen molar-refractivity contribution >= 4 is 11.3 Å². The van der Waals surface area contributed by atoms with Crippen molar-refractivity contribution in [1.82, 2.24) is 10.3 Å². The maximum absolute atomic E-state index is 14.0. The molecule has 0 bridgehead atoms. The molecule has 1 aromatic carbocycles. The van der Waals surface area contributed by atoms with Crippen molar-refractivity contribution in [3.63, 3.8) is 0 Å². The molecule has 0 spiro atoms. The second-order valence-corrected chi connectivity index (χ2v) is 5.62. The van der Waals surface area contributed by atoms with Gasteiger partial charge in [0, 0.05) is 17.1 Å². The summed E-state index contributed by atoms with van der Waals surface area (Å²) >= 11 is 1.49. The number of halogens is 1. The summed E-state index contributed by atoms with van der Waals surface area (Å²) in [5.41, 5.74) is 0.439. The minimum absolute atomic E-state index is 0.221. The Labute approximate surface area is 122 Å². The van der Waals surface area contributed by atoms with Crippen LogP contribution in [0, 0.1) is 5.82 Å². The van der Waals surface area contributed by atoms with Crippen LogP contribution < -0.4 is 10.1 Å². The molecule has 0 fully saturated rings. The molecule has 0 amide bonds. The number of ether oxygens (including phenoxy) is 1. The van der Waals surface area contributed by atoms with Crippen LogP contribution in [-0.2, 0) is 0 Å².